The zero-order chi connectivity index (χ0) is 24.5. The molecule has 2 aromatic rings. The van der Waals surface area contributed by atoms with E-state index < -0.39 is 17.7 Å². The number of ketones is 1. The molecule has 1 atom stereocenters. The van der Waals surface area contributed by atoms with E-state index in [0.29, 0.717) is 36.9 Å². The van der Waals surface area contributed by atoms with Crippen molar-refractivity contribution in [3.8, 4) is 0 Å². The van der Waals surface area contributed by atoms with Crippen LogP contribution in [0.2, 0.25) is 5.02 Å². The van der Waals surface area contributed by atoms with E-state index in [4.69, 9.17) is 16.3 Å². The Labute approximate surface area is 205 Å². The van der Waals surface area contributed by atoms with Crippen LogP contribution in [0.4, 0.5) is 0 Å². The normalized spacial score (nSPS) is 21.3. The molecule has 0 saturated carbocycles. The maximum atomic E-state index is 13.2. The monoisotopic (exact) mass is 482 g/mol. The zero-order valence-corrected chi connectivity index (χ0v) is 20.6. The first-order chi connectivity index (χ1) is 16.2. The number of morpholine rings is 1. The molecule has 0 radical (unpaired) electrons. The number of halogens is 1. The minimum absolute atomic E-state index is 0.0278. The van der Waals surface area contributed by atoms with E-state index in [2.05, 4.69) is 25.7 Å². The second kappa shape index (κ2) is 9.90. The number of rotatable bonds is 5. The van der Waals surface area contributed by atoms with Crippen LogP contribution >= 0.6 is 11.6 Å². The molecule has 2 heterocycles. The molecule has 34 heavy (non-hydrogen) atoms. The van der Waals surface area contributed by atoms with Gasteiger partial charge in [0.2, 0.25) is 0 Å². The summed E-state index contributed by atoms with van der Waals surface area (Å²) in [7, 11) is 0. The van der Waals surface area contributed by atoms with Crippen molar-refractivity contribution in [1.29, 1.82) is 0 Å². The number of aliphatic hydroxyl groups is 1. The number of hydrogen-bond donors (Lipinski definition) is 1. The largest absolute Gasteiger partial charge is 0.507 e. The number of carbonyl (C=O) groups is 2. The number of aliphatic hydroxyl groups excluding tert-OH is 1. The summed E-state index contributed by atoms with van der Waals surface area (Å²) in [4.78, 5) is 30.2. The van der Waals surface area contributed by atoms with Gasteiger partial charge in [0.15, 0.2) is 0 Å². The van der Waals surface area contributed by atoms with Crippen molar-refractivity contribution in [3.05, 3.63) is 75.8 Å². The third-order valence-corrected chi connectivity index (χ3v) is 6.76. The molecule has 6 nitrogen and oxygen atoms in total. The van der Waals surface area contributed by atoms with Crippen molar-refractivity contribution >= 4 is 29.1 Å². The van der Waals surface area contributed by atoms with Crippen molar-refractivity contribution in [1.82, 2.24) is 9.80 Å². The van der Waals surface area contributed by atoms with E-state index in [1.165, 1.54) is 0 Å². The quantitative estimate of drug-likeness (QED) is 0.389. The fraction of sp³-hybridized carbons (Fsp3) is 0.407. The van der Waals surface area contributed by atoms with E-state index in [0.717, 1.165) is 24.2 Å². The summed E-state index contributed by atoms with van der Waals surface area (Å²) in [5, 5.41) is 11.7. The number of carbonyl (C=O) groups excluding carboxylic acids is 2. The van der Waals surface area contributed by atoms with Gasteiger partial charge in [-0.2, -0.15) is 0 Å². The molecular formula is C27H31ClN2O4. The van der Waals surface area contributed by atoms with E-state index in [1.807, 2.05) is 24.3 Å². The molecule has 0 unspecified atom stereocenters. The Morgan fingerprint density at radius 2 is 1.62 bits per heavy atom. The highest BCUT2D eigenvalue weighted by atomic mass is 35.5. The van der Waals surface area contributed by atoms with Crippen LogP contribution in [0.1, 0.15) is 43.5 Å². The van der Waals surface area contributed by atoms with Crippen LogP contribution in [-0.2, 0) is 19.7 Å². The summed E-state index contributed by atoms with van der Waals surface area (Å²) in [5.41, 5.74) is 2.48. The number of ether oxygens (including phenoxy) is 1. The Balaban J connectivity index is 1.74. The number of likely N-dealkylation sites (tertiary alicyclic amines) is 1. The number of benzene rings is 2. The summed E-state index contributed by atoms with van der Waals surface area (Å²) < 4.78 is 5.42. The molecular weight excluding hydrogens is 452 g/mol. The molecule has 2 saturated heterocycles. The van der Waals surface area contributed by atoms with Gasteiger partial charge in [-0.3, -0.25) is 14.5 Å². The van der Waals surface area contributed by atoms with Gasteiger partial charge in [0, 0.05) is 36.8 Å². The van der Waals surface area contributed by atoms with Crippen LogP contribution in [0.5, 0.6) is 0 Å². The molecule has 4 rings (SSSR count). The molecule has 7 heteroatoms. The van der Waals surface area contributed by atoms with Gasteiger partial charge < -0.3 is 14.7 Å². The Morgan fingerprint density at radius 3 is 2.21 bits per heavy atom. The predicted octanol–water partition coefficient (Wildman–Crippen LogP) is 4.39. The fourth-order valence-corrected chi connectivity index (χ4v) is 4.59. The van der Waals surface area contributed by atoms with Crippen LogP contribution in [0.15, 0.2) is 54.1 Å². The lowest BCUT2D eigenvalue weighted by Crippen LogP contribution is -2.42. The number of Topliss-reactive ketones (excluding diaryl/α,β-unsaturated/α-hetero) is 1. The van der Waals surface area contributed by atoms with Gasteiger partial charge in [0.1, 0.15) is 5.76 Å². The zero-order valence-electron chi connectivity index (χ0n) is 19.9. The SMILES string of the molecule is CC(C)(C)c1ccc([C@@H]2/C(=C(\O)c3ccc(Cl)cc3)C(=O)C(=O)N2CCN2CCOCC2)cc1. The second-order valence-electron chi connectivity index (χ2n) is 9.83. The topological polar surface area (TPSA) is 70.1 Å². The molecule has 1 amide bonds. The number of amides is 1. The van der Waals surface area contributed by atoms with Gasteiger partial charge in [-0.25, -0.2) is 0 Å². The molecule has 180 valence electrons. The maximum Gasteiger partial charge on any atom is 0.295 e. The first-order valence-electron chi connectivity index (χ1n) is 11.6. The molecule has 1 N–H and O–H groups in total. The van der Waals surface area contributed by atoms with Crippen LogP contribution in [-0.4, -0.2) is 66.0 Å². The molecule has 2 fully saturated rings. The molecule has 2 aliphatic heterocycles. The molecule has 0 bridgehead atoms. The Morgan fingerprint density at radius 1 is 1.00 bits per heavy atom. The van der Waals surface area contributed by atoms with Crippen LogP contribution < -0.4 is 0 Å². The summed E-state index contributed by atoms with van der Waals surface area (Å²) >= 11 is 6.00. The number of nitrogens with zero attached hydrogens (tertiary/aromatic N) is 2. The maximum absolute atomic E-state index is 13.2. The number of hydrogen-bond acceptors (Lipinski definition) is 5. The highest BCUT2D eigenvalue weighted by Crippen LogP contribution is 2.40. The van der Waals surface area contributed by atoms with Crippen LogP contribution in [0.3, 0.4) is 0 Å². The smallest absolute Gasteiger partial charge is 0.295 e. The Bertz CT molecular complexity index is 1080. The lowest BCUT2D eigenvalue weighted by Gasteiger charge is -2.31. The molecule has 0 aliphatic carbocycles. The lowest BCUT2D eigenvalue weighted by molar-refractivity contribution is -0.140. The summed E-state index contributed by atoms with van der Waals surface area (Å²) in [6.45, 7) is 10.3. The van der Waals surface area contributed by atoms with Crippen LogP contribution in [0, 0.1) is 0 Å². The predicted molar refractivity (Wildman–Crippen MR) is 133 cm³/mol. The second-order valence-corrected chi connectivity index (χ2v) is 10.3. The van der Waals surface area contributed by atoms with Gasteiger partial charge in [0.05, 0.1) is 24.8 Å². The first kappa shape index (κ1) is 24.5. The van der Waals surface area contributed by atoms with Crippen molar-refractivity contribution in [2.75, 3.05) is 39.4 Å². The van der Waals surface area contributed by atoms with Gasteiger partial charge in [-0.1, -0.05) is 56.6 Å². The van der Waals surface area contributed by atoms with Crippen molar-refractivity contribution in [3.63, 3.8) is 0 Å². The summed E-state index contributed by atoms with van der Waals surface area (Å²) in [6.07, 6.45) is 0. The highest BCUT2D eigenvalue weighted by molar-refractivity contribution is 6.46. The standard InChI is InChI=1S/C27H31ClN2O4/c1-27(2,3)20-8-4-18(5-9-20)23-22(24(31)19-6-10-21(28)11-7-19)25(32)26(33)30(23)13-12-29-14-16-34-17-15-29/h4-11,23,31H,12-17H2,1-3H3/b24-22+/t23-/m1/s1. The molecule has 0 aromatic heterocycles. The minimum atomic E-state index is -0.667. The first-order valence-corrected chi connectivity index (χ1v) is 12.0. The van der Waals surface area contributed by atoms with Crippen molar-refractivity contribution < 1.29 is 19.4 Å². The van der Waals surface area contributed by atoms with E-state index >= 15 is 0 Å². The van der Waals surface area contributed by atoms with Crippen LogP contribution in [0.25, 0.3) is 5.76 Å². The van der Waals surface area contributed by atoms with E-state index in [9.17, 15) is 14.7 Å². The molecule has 0 spiro atoms. The third kappa shape index (κ3) is 5.04. The van der Waals surface area contributed by atoms with E-state index in [1.54, 1.807) is 29.2 Å². The fourth-order valence-electron chi connectivity index (χ4n) is 4.46. The van der Waals surface area contributed by atoms with Gasteiger partial charge >= 0.3 is 0 Å². The van der Waals surface area contributed by atoms with E-state index in [-0.39, 0.29) is 16.7 Å². The van der Waals surface area contributed by atoms with Gasteiger partial charge in [-0.05, 0) is 40.8 Å². The average molecular weight is 483 g/mol. The highest BCUT2D eigenvalue weighted by Gasteiger charge is 2.46. The third-order valence-electron chi connectivity index (χ3n) is 6.51. The van der Waals surface area contributed by atoms with Gasteiger partial charge in [-0.15, -0.1) is 0 Å². The van der Waals surface area contributed by atoms with Crippen molar-refractivity contribution in [2.45, 2.75) is 32.2 Å². The Kier molecular flexibility index (Phi) is 7.12. The lowest BCUT2D eigenvalue weighted by atomic mass is 9.85. The summed E-state index contributed by atoms with van der Waals surface area (Å²) in [5.74, 6) is -1.44. The minimum Gasteiger partial charge on any atom is -0.507 e. The molecule has 2 aliphatic rings. The summed E-state index contributed by atoms with van der Waals surface area (Å²) in [6, 6.07) is 13.9. The van der Waals surface area contributed by atoms with Gasteiger partial charge in [0.25, 0.3) is 11.7 Å². The Hall–Kier alpha value is -2.67. The molecule has 2 aromatic carbocycles. The average Bonchev–Trinajstić information content (AvgIpc) is 3.08. The van der Waals surface area contributed by atoms with Crippen molar-refractivity contribution in [2.24, 2.45) is 0 Å².